The lowest BCUT2D eigenvalue weighted by atomic mass is 9.58. The largest absolute Gasteiger partial charge is 0.444 e. The molecule has 1 heterocycles. The van der Waals surface area contributed by atoms with Crippen LogP contribution in [-0.2, 0) is 16.1 Å². The van der Waals surface area contributed by atoms with Crippen LogP contribution in [0, 0.1) is 11.3 Å². The average Bonchev–Trinajstić information content (AvgIpc) is 2.53. The van der Waals surface area contributed by atoms with E-state index in [1.54, 1.807) is 0 Å². The maximum absolute atomic E-state index is 12.2. The topological polar surface area (TPSA) is 38.8 Å². The van der Waals surface area contributed by atoms with Crippen molar-refractivity contribution >= 4 is 6.09 Å². The molecular weight excluding hydrogens is 314 g/mol. The van der Waals surface area contributed by atoms with Gasteiger partial charge in [-0.2, -0.15) is 0 Å². The van der Waals surface area contributed by atoms with Gasteiger partial charge >= 0.3 is 6.09 Å². The summed E-state index contributed by atoms with van der Waals surface area (Å²) in [6.07, 6.45) is 4.51. The van der Waals surface area contributed by atoms with Crippen LogP contribution in [0.5, 0.6) is 0 Å². The summed E-state index contributed by atoms with van der Waals surface area (Å²) in [7, 11) is 0. The van der Waals surface area contributed by atoms with Crippen LogP contribution in [0.3, 0.4) is 0 Å². The van der Waals surface area contributed by atoms with E-state index in [2.05, 4.69) is 24.3 Å². The minimum Gasteiger partial charge on any atom is -0.444 e. The number of likely N-dealkylation sites (tertiary alicyclic amines) is 1. The van der Waals surface area contributed by atoms with Gasteiger partial charge in [0.05, 0.1) is 6.61 Å². The normalized spacial score (nSPS) is 20.4. The van der Waals surface area contributed by atoms with Gasteiger partial charge < -0.3 is 14.4 Å². The molecule has 1 spiro atoms. The molecule has 1 aliphatic heterocycles. The summed E-state index contributed by atoms with van der Waals surface area (Å²) < 4.78 is 11.4. The summed E-state index contributed by atoms with van der Waals surface area (Å²) in [5.41, 5.74) is 1.27. The molecule has 138 valence electrons. The van der Waals surface area contributed by atoms with E-state index in [4.69, 9.17) is 9.47 Å². The molecule has 2 fully saturated rings. The van der Waals surface area contributed by atoms with E-state index >= 15 is 0 Å². The smallest absolute Gasteiger partial charge is 0.410 e. The Morgan fingerprint density at radius 3 is 2.40 bits per heavy atom. The van der Waals surface area contributed by atoms with E-state index in [0.29, 0.717) is 17.9 Å². The molecule has 0 atom stereocenters. The van der Waals surface area contributed by atoms with Crippen LogP contribution in [0.25, 0.3) is 0 Å². The molecule has 0 unspecified atom stereocenters. The number of carbonyl (C=O) groups is 1. The lowest BCUT2D eigenvalue weighted by molar-refractivity contribution is -0.0561. The molecule has 3 rings (SSSR count). The van der Waals surface area contributed by atoms with Gasteiger partial charge in [-0.15, -0.1) is 0 Å². The maximum Gasteiger partial charge on any atom is 0.410 e. The third-order valence-electron chi connectivity index (χ3n) is 5.38. The molecule has 4 heteroatoms. The second-order valence-corrected chi connectivity index (χ2v) is 8.74. The van der Waals surface area contributed by atoms with Crippen LogP contribution in [0.15, 0.2) is 30.3 Å². The first kappa shape index (κ1) is 18.2. The number of rotatable bonds is 4. The highest BCUT2D eigenvalue weighted by molar-refractivity contribution is 5.68. The molecule has 0 aromatic heterocycles. The van der Waals surface area contributed by atoms with Crippen molar-refractivity contribution in [1.82, 2.24) is 4.90 Å². The van der Waals surface area contributed by atoms with E-state index in [1.165, 1.54) is 18.4 Å². The predicted molar refractivity (Wildman–Crippen MR) is 98.3 cm³/mol. The zero-order valence-corrected chi connectivity index (χ0v) is 15.8. The van der Waals surface area contributed by atoms with Gasteiger partial charge in [0.1, 0.15) is 5.60 Å². The van der Waals surface area contributed by atoms with Crippen molar-refractivity contribution in [2.45, 2.75) is 58.7 Å². The van der Waals surface area contributed by atoms with E-state index < -0.39 is 5.60 Å². The van der Waals surface area contributed by atoms with Crippen molar-refractivity contribution in [3.8, 4) is 0 Å². The monoisotopic (exact) mass is 345 g/mol. The van der Waals surface area contributed by atoms with Crippen molar-refractivity contribution in [1.29, 1.82) is 0 Å². The van der Waals surface area contributed by atoms with Crippen molar-refractivity contribution in [3.63, 3.8) is 0 Å². The third kappa shape index (κ3) is 4.97. The summed E-state index contributed by atoms with van der Waals surface area (Å²) in [4.78, 5) is 14.0. The van der Waals surface area contributed by atoms with E-state index in [1.807, 2.05) is 31.7 Å². The third-order valence-corrected chi connectivity index (χ3v) is 5.38. The van der Waals surface area contributed by atoms with E-state index in [0.717, 1.165) is 32.5 Å². The van der Waals surface area contributed by atoms with Gasteiger partial charge in [-0.05, 0) is 63.4 Å². The van der Waals surface area contributed by atoms with Crippen molar-refractivity contribution in [2.24, 2.45) is 11.3 Å². The molecule has 1 saturated carbocycles. The molecule has 0 bridgehead atoms. The van der Waals surface area contributed by atoms with Crippen molar-refractivity contribution in [2.75, 3.05) is 19.7 Å². The fraction of sp³-hybridized carbons (Fsp3) is 0.667. The van der Waals surface area contributed by atoms with Gasteiger partial charge in [-0.3, -0.25) is 0 Å². The highest BCUT2D eigenvalue weighted by Crippen LogP contribution is 2.52. The summed E-state index contributed by atoms with van der Waals surface area (Å²) in [5.74, 6) is 0.678. The van der Waals surface area contributed by atoms with E-state index in [9.17, 15) is 4.79 Å². The highest BCUT2D eigenvalue weighted by atomic mass is 16.6. The first-order valence-corrected chi connectivity index (χ1v) is 9.45. The molecule has 0 N–H and O–H groups in total. The number of amides is 1. The Bertz CT molecular complexity index is 563. The summed E-state index contributed by atoms with van der Waals surface area (Å²) in [5, 5.41) is 0. The molecule has 4 nitrogen and oxygen atoms in total. The van der Waals surface area contributed by atoms with Crippen LogP contribution in [0.2, 0.25) is 0 Å². The molecule has 1 saturated heterocycles. The van der Waals surface area contributed by atoms with Gasteiger partial charge in [0.2, 0.25) is 0 Å². The minimum atomic E-state index is -0.413. The minimum absolute atomic E-state index is 0.163. The summed E-state index contributed by atoms with van der Waals surface area (Å²) >= 11 is 0. The molecule has 1 amide bonds. The Balaban J connectivity index is 1.35. The average molecular weight is 345 g/mol. The molecule has 1 aromatic carbocycles. The highest BCUT2D eigenvalue weighted by Gasteiger charge is 2.46. The summed E-state index contributed by atoms with van der Waals surface area (Å²) in [6, 6.07) is 10.3. The molecule has 0 radical (unpaired) electrons. The van der Waals surface area contributed by atoms with Crippen LogP contribution in [-0.4, -0.2) is 36.3 Å². The number of carbonyl (C=O) groups excluding carboxylic acids is 1. The lowest BCUT2D eigenvalue weighted by Crippen LogP contribution is -2.50. The van der Waals surface area contributed by atoms with E-state index in [-0.39, 0.29) is 6.09 Å². The zero-order valence-electron chi connectivity index (χ0n) is 15.8. The first-order chi connectivity index (χ1) is 11.9. The van der Waals surface area contributed by atoms with Gasteiger partial charge in [-0.1, -0.05) is 30.3 Å². The van der Waals surface area contributed by atoms with Gasteiger partial charge in [-0.25, -0.2) is 4.79 Å². The predicted octanol–water partition coefficient (Wildman–Crippen LogP) is 4.63. The Labute approximate surface area is 151 Å². The standard InChI is InChI=1S/C21H31NO3/c1-20(2,3)25-19(23)22-11-9-21(10-12-22)13-18(14-21)16-24-15-17-7-5-4-6-8-17/h4-8,18H,9-16H2,1-3H3. The second-order valence-electron chi connectivity index (χ2n) is 8.74. The fourth-order valence-corrected chi connectivity index (χ4v) is 4.10. The number of nitrogens with zero attached hydrogens (tertiary/aromatic N) is 1. The maximum atomic E-state index is 12.2. The lowest BCUT2D eigenvalue weighted by Gasteiger charge is -2.52. The van der Waals surface area contributed by atoms with Crippen molar-refractivity contribution in [3.05, 3.63) is 35.9 Å². The Morgan fingerprint density at radius 2 is 1.80 bits per heavy atom. The number of hydrogen-bond donors (Lipinski definition) is 0. The quantitative estimate of drug-likeness (QED) is 0.798. The number of piperidine rings is 1. The van der Waals surface area contributed by atoms with Gasteiger partial charge in [0.25, 0.3) is 0 Å². The molecule has 1 aromatic rings. The van der Waals surface area contributed by atoms with Gasteiger partial charge in [0, 0.05) is 19.7 Å². The first-order valence-electron chi connectivity index (χ1n) is 9.45. The molecule has 2 aliphatic rings. The van der Waals surface area contributed by atoms with Crippen LogP contribution in [0.4, 0.5) is 4.79 Å². The molecular formula is C21H31NO3. The number of hydrogen-bond acceptors (Lipinski definition) is 3. The Morgan fingerprint density at radius 1 is 1.16 bits per heavy atom. The van der Waals surface area contributed by atoms with Gasteiger partial charge in [0.15, 0.2) is 0 Å². The molecule has 1 aliphatic carbocycles. The summed E-state index contributed by atoms with van der Waals surface area (Å²) in [6.45, 7) is 8.97. The zero-order chi connectivity index (χ0) is 17.9. The Hall–Kier alpha value is -1.55. The Kier molecular flexibility index (Phi) is 5.38. The van der Waals surface area contributed by atoms with Crippen LogP contribution >= 0.6 is 0 Å². The van der Waals surface area contributed by atoms with Crippen LogP contribution in [0.1, 0.15) is 52.0 Å². The second kappa shape index (κ2) is 7.36. The fourth-order valence-electron chi connectivity index (χ4n) is 4.10. The molecule has 25 heavy (non-hydrogen) atoms. The number of ether oxygens (including phenoxy) is 2. The van der Waals surface area contributed by atoms with Crippen LogP contribution < -0.4 is 0 Å². The SMILES string of the molecule is CC(C)(C)OC(=O)N1CCC2(CC1)CC(COCc1ccccc1)C2. The number of benzene rings is 1. The van der Waals surface area contributed by atoms with Crippen molar-refractivity contribution < 1.29 is 14.3 Å².